The number of carbonyl (C=O) groups is 1. The summed E-state index contributed by atoms with van der Waals surface area (Å²) in [4.78, 5) is 19.5. The van der Waals surface area contributed by atoms with Crippen molar-refractivity contribution in [3.05, 3.63) is 36.4 Å². The molecule has 0 atom stereocenters. The van der Waals surface area contributed by atoms with Gasteiger partial charge >= 0.3 is 0 Å². The van der Waals surface area contributed by atoms with Crippen LogP contribution in [0.15, 0.2) is 30.9 Å². The molecule has 2 aromatic rings. The molecule has 2 rings (SSSR count). The molecule has 0 aliphatic heterocycles. The third kappa shape index (κ3) is 2.49. The molecule has 0 saturated heterocycles. The Morgan fingerprint density at radius 3 is 2.88 bits per heavy atom. The average molecular weight is 231 g/mol. The molecule has 86 valence electrons. The van der Waals surface area contributed by atoms with Gasteiger partial charge in [0.1, 0.15) is 0 Å². The van der Waals surface area contributed by atoms with Crippen molar-refractivity contribution < 1.29 is 4.79 Å². The van der Waals surface area contributed by atoms with Crippen molar-refractivity contribution in [1.29, 1.82) is 0 Å². The Hall–Kier alpha value is -2.61. The van der Waals surface area contributed by atoms with Gasteiger partial charge in [0.25, 0.3) is 5.91 Å². The second-order valence-corrected chi connectivity index (χ2v) is 2.99. The van der Waals surface area contributed by atoms with Gasteiger partial charge in [-0.05, 0) is 6.07 Å². The number of carbonyl (C=O) groups excluding carboxylic acids is 1. The number of hydrogen-bond donors (Lipinski definition) is 3. The van der Waals surface area contributed by atoms with E-state index in [1.807, 2.05) is 0 Å². The van der Waals surface area contributed by atoms with Crippen molar-refractivity contribution in [3.8, 4) is 0 Å². The van der Waals surface area contributed by atoms with E-state index in [-0.39, 0.29) is 5.95 Å². The van der Waals surface area contributed by atoms with Crippen LogP contribution in [0.25, 0.3) is 0 Å². The van der Waals surface area contributed by atoms with E-state index in [2.05, 4.69) is 30.9 Å². The summed E-state index contributed by atoms with van der Waals surface area (Å²) < 4.78 is 0. The lowest BCUT2D eigenvalue weighted by Crippen LogP contribution is -2.18. The smallest absolute Gasteiger partial charge is 0.261 e. The summed E-state index contributed by atoms with van der Waals surface area (Å²) in [6.45, 7) is 0. The average Bonchev–Trinajstić information content (AvgIpc) is 2.40. The number of pyridine rings is 1. The van der Waals surface area contributed by atoms with Gasteiger partial charge in [0.05, 0.1) is 23.6 Å². The van der Waals surface area contributed by atoms with Crippen molar-refractivity contribution in [1.82, 2.24) is 20.2 Å². The van der Waals surface area contributed by atoms with Gasteiger partial charge < -0.3 is 5.43 Å². The molecule has 0 aliphatic rings. The molecule has 0 radical (unpaired) electrons. The molecule has 0 aliphatic carbocycles. The molecule has 0 fully saturated rings. The van der Waals surface area contributed by atoms with Gasteiger partial charge in [0, 0.05) is 12.4 Å². The number of anilines is 2. The number of nitrogens with one attached hydrogen (secondary N) is 2. The number of hydrazine groups is 1. The molecule has 0 aromatic carbocycles. The highest BCUT2D eigenvalue weighted by Gasteiger charge is 2.12. The molecular formula is C9H9N7O. The van der Waals surface area contributed by atoms with E-state index in [1.54, 1.807) is 6.07 Å². The largest absolute Gasteiger partial charge is 0.323 e. The Balaban J connectivity index is 2.20. The zero-order valence-electron chi connectivity index (χ0n) is 8.66. The Labute approximate surface area is 96.3 Å². The number of nitrogens with zero attached hydrogens (tertiary/aromatic N) is 4. The van der Waals surface area contributed by atoms with E-state index >= 15 is 0 Å². The lowest BCUT2D eigenvalue weighted by Gasteiger charge is -2.07. The quantitative estimate of drug-likeness (QED) is 0.494. The SMILES string of the molecule is NNc1ccncc1C(=O)Nc1nccnn1. The maximum absolute atomic E-state index is 11.8. The first-order chi connectivity index (χ1) is 8.31. The van der Waals surface area contributed by atoms with Gasteiger partial charge in [-0.1, -0.05) is 0 Å². The maximum Gasteiger partial charge on any atom is 0.261 e. The van der Waals surface area contributed by atoms with Crippen molar-refractivity contribution in [2.24, 2.45) is 5.84 Å². The summed E-state index contributed by atoms with van der Waals surface area (Å²) >= 11 is 0. The molecule has 0 saturated carbocycles. The monoisotopic (exact) mass is 231 g/mol. The highest BCUT2D eigenvalue weighted by molar-refractivity contribution is 6.06. The van der Waals surface area contributed by atoms with Crippen LogP contribution in [0.2, 0.25) is 0 Å². The molecule has 0 unspecified atom stereocenters. The molecule has 8 nitrogen and oxygen atoms in total. The highest BCUT2D eigenvalue weighted by Crippen LogP contribution is 2.12. The molecule has 8 heteroatoms. The van der Waals surface area contributed by atoms with Crippen molar-refractivity contribution in [2.45, 2.75) is 0 Å². The van der Waals surface area contributed by atoms with Crippen LogP contribution in [0.3, 0.4) is 0 Å². The minimum atomic E-state index is -0.418. The molecule has 2 heterocycles. The van der Waals surface area contributed by atoms with E-state index in [0.717, 1.165) is 0 Å². The fourth-order valence-corrected chi connectivity index (χ4v) is 1.18. The second kappa shape index (κ2) is 4.94. The number of rotatable bonds is 3. The predicted molar refractivity (Wildman–Crippen MR) is 59.8 cm³/mol. The third-order valence-electron chi connectivity index (χ3n) is 1.93. The summed E-state index contributed by atoms with van der Waals surface area (Å²) in [6, 6.07) is 1.58. The zero-order valence-corrected chi connectivity index (χ0v) is 8.66. The normalized spacial score (nSPS) is 9.71. The predicted octanol–water partition coefficient (Wildman–Crippen LogP) is -0.196. The third-order valence-corrected chi connectivity index (χ3v) is 1.93. The minimum absolute atomic E-state index is 0.115. The summed E-state index contributed by atoms with van der Waals surface area (Å²) in [6.07, 6.45) is 5.74. The molecule has 1 amide bonds. The van der Waals surface area contributed by atoms with E-state index in [0.29, 0.717) is 11.3 Å². The Bertz CT molecular complexity index is 516. The van der Waals surface area contributed by atoms with E-state index < -0.39 is 5.91 Å². The first-order valence-electron chi connectivity index (χ1n) is 4.67. The standard InChI is InChI=1S/C9H9N7O/c10-15-7-1-2-11-5-6(7)8(17)14-9-12-3-4-13-16-9/h1-5H,10H2,(H,11,15)(H,12,14,16,17). The highest BCUT2D eigenvalue weighted by atomic mass is 16.1. The van der Waals surface area contributed by atoms with Crippen LogP contribution >= 0.6 is 0 Å². The number of hydrogen-bond acceptors (Lipinski definition) is 7. The molecular weight excluding hydrogens is 222 g/mol. The van der Waals surface area contributed by atoms with E-state index in [1.165, 1.54) is 24.8 Å². The van der Waals surface area contributed by atoms with Gasteiger partial charge in [-0.3, -0.25) is 20.9 Å². The Morgan fingerprint density at radius 1 is 1.29 bits per heavy atom. The van der Waals surface area contributed by atoms with Crippen LogP contribution in [0, 0.1) is 0 Å². The van der Waals surface area contributed by atoms with Gasteiger partial charge in [-0.25, -0.2) is 4.98 Å². The van der Waals surface area contributed by atoms with Crippen LogP contribution in [-0.4, -0.2) is 26.1 Å². The van der Waals surface area contributed by atoms with Gasteiger partial charge in [0.2, 0.25) is 5.95 Å². The fraction of sp³-hybridized carbons (Fsp3) is 0. The number of amides is 1. The summed E-state index contributed by atoms with van der Waals surface area (Å²) in [5.41, 5.74) is 3.16. The van der Waals surface area contributed by atoms with Crippen LogP contribution in [-0.2, 0) is 0 Å². The van der Waals surface area contributed by atoms with Crippen LogP contribution in [0.1, 0.15) is 10.4 Å². The molecule has 0 bridgehead atoms. The zero-order chi connectivity index (χ0) is 12.1. The summed E-state index contributed by atoms with van der Waals surface area (Å²) in [5.74, 6) is 4.98. The lowest BCUT2D eigenvalue weighted by atomic mass is 10.2. The first-order valence-corrected chi connectivity index (χ1v) is 4.67. The molecule has 4 N–H and O–H groups in total. The first kappa shape index (κ1) is 10.9. The minimum Gasteiger partial charge on any atom is -0.323 e. The van der Waals surface area contributed by atoms with Crippen LogP contribution in [0.5, 0.6) is 0 Å². The van der Waals surface area contributed by atoms with Crippen molar-refractivity contribution >= 4 is 17.5 Å². The summed E-state index contributed by atoms with van der Waals surface area (Å²) in [5, 5.41) is 9.70. The van der Waals surface area contributed by atoms with E-state index in [4.69, 9.17) is 5.84 Å². The van der Waals surface area contributed by atoms with E-state index in [9.17, 15) is 4.79 Å². The maximum atomic E-state index is 11.8. The second-order valence-electron chi connectivity index (χ2n) is 2.99. The van der Waals surface area contributed by atoms with Crippen molar-refractivity contribution in [3.63, 3.8) is 0 Å². The van der Waals surface area contributed by atoms with Crippen LogP contribution < -0.4 is 16.6 Å². The topological polar surface area (TPSA) is 119 Å². The lowest BCUT2D eigenvalue weighted by molar-refractivity contribution is 0.102. The number of nitrogen functional groups attached to an aromatic ring is 1. The van der Waals surface area contributed by atoms with Gasteiger partial charge in [-0.15, -0.1) is 5.10 Å². The Kier molecular flexibility index (Phi) is 3.17. The van der Waals surface area contributed by atoms with Crippen molar-refractivity contribution in [2.75, 3.05) is 10.7 Å². The fourth-order valence-electron chi connectivity index (χ4n) is 1.18. The molecule has 0 spiro atoms. The van der Waals surface area contributed by atoms with Crippen LogP contribution in [0.4, 0.5) is 11.6 Å². The Morgan fingerprint density at radius 2 is 2.18 bits per heavy atom. The number of aromatic nitrogens is 4. The molecule has 17 heavy (non-hydrogen) atoms. The summed E-state index contributed by atoms with van der Waals surface area (Å²) in [7, 11) is 0. The molecule has 2 aromatic heterocycles. The number of nitrogens with two attached hydrogens (primary N) is 1. The van der Waals surface area contributed by atoms with Gasteiger partial charge in [0.15, 0.2) is 0 Å². The van der Waals surface area contributed by atoms with Gasteiger partial charge in [-0.2, -0.15) is 5.10 Å².